The Kier molecular flexibility index (Phi) is 5.52. The standard InChI is InChI=1S/C16H16F2N2O4S2/c17-15(18)24-13-4-2-1-3-11(13)12-8-25-16(19-12)20-14(21)7-10-5-6-26(22,23)9-10/h1-4,8,10,15H,5-7,9H2,(H,19,20,21). The van der Waals surface area contributed by atoms with E-state index in [0.717, 1.165) is 11.3 Å². The van der Waals surface area contributed by atoms with Gasteiger partial charge in [-0.05, 0) is 24.5 Å². The Labute approximate surface area is 153 Å². The molecule has 1 aliphatic rings. The summed E-state index contributed by atoms with van der Waals surface area (Å²) in [6, 6.07) is 6.26. The third-order valence-electron chi connectivity index (χ3n) is 3.93. The molecule has 1 amide bonds. The van der Waals surface area contributed by atoms with Crippen LogP contribution in [0.2, 0.25) is 0 Å². The molecule has 3 rings (SSSR count). The first-order valence-corrected chi connectivity index (χ1v) is 10.5. The second kappa shape index (κ2) is 7.67. The minimum absolute atomic E-state index is 0.00170. The first-order valence-electron chi connectivity index (χ1n) is 7.82. The summed E-state index contributed by atoms with van der Waals surface area (Å²) in [5.74, 6) is -0.346. The fourth-order valence-electron chi connectivity index (χ4n) is 2.80. The number of nitrogens with zero attached hydrogens (tertiary/aromatic N) is 1. The zero-order valence-corrected chi connectivity index (χ0v) is 15.2. The Bertz CT molecular complexity index is 899. The molecule has 0 radical (unpaired) electrons. The van der Waals surface area contributed by atoms with Gasteiger partial charge in [-0.15, -0.1) is 11.3 Å². The van der Waals surface area contributed by atoms with Gasteiger partial charge in [-0.3, -0.25) is 4.79 Å². The van der Waals surface area contributed by atoms with Gasteiger partial charge in [0, 0.05) is 17.4 Å². The molecule has 0 spiro atoms. The molecule has 0 saturated carbocycles. The van der Waals surface area contributed by atoms with Crippen LogP contribution in [0.1, 0.15) is 12.8 Å². The van der Waals surface area contributed by atoms with Gasteiger partial charge in [0.25, 0.3) is 0 Å². The molecular formula is C16H16F2N2O4S2. The first kappa shape index (κ1) is 18.7. The van der Waals surface area contributed by atoms with E-state index in [0.29, 0.717) is 22.8 Å². The predicted octanol–water partition coefficient (Wildman–Crippen LogP) is 3.17. The largest absolute Gasteiger partial charge is 0.434 e. The molecular weight excluding hydrogens is 386 g/mol. The van der Waals surface area contributed by atoms with Crippen LogP contribution in [0.15, 0.2) is 29.6 Å². The van der Waals surface area contributed by atoms with E-state index < -0.39 is 16.4 Å². The van der Waals surface area contributed by atoms with Crippen molar-refractivity contribution in [3.8, 4) is 17.0 Å². The maximum atomic E-state index is 12.5. The van der Waals surface area contributed by atoms with E-state index in [-0.39, 0.29) is 35.5 Å². The van der Waals surface area contributed by atoms with E-state index in [1.54, 1.807) is 23.6 Å². The Morgan fingerprint density at radius 1 is 1.38 bits per heavy atom. The predicted molar refractivity (Wildman–Crippen MR) is 94.2 cm³/mol. The van der Waals surface area contributed by atoms with E-state index in [1.807, 2.05) is 0 Å². The van der Waals surface area contributed by atoms with Gasteiger partial charge < -0.3 is 10.1 Å². The second-order valence-corrected chi connectivity index (χ2v) is 9.02. The van der Waals surface area contributed by atoms with Crippen molar-refractivity contribution in [2.75, 3.05) is 16.8 Å². The van der Waals surface area contributed by atoms with Gasteiger partial charge in [0.05, 0.1) is 17.2 Å². The quantitative estimate of drug-likeness (QED) is 0.802. The zero-order valence-electron chi connectivity index (χ0n) is 13.5. The molecule has 26 heavy (non-hydrogen) atoms. The molecule has 1 aromatic heterocycles. The third-order valence-corrected chi connectivity index (χ3v) is 6.53. The van der Waals surface area contributed by atoms with Gasteiger partial charge in [0.2, 0.25) is 5.91 Å². The highest BCUT2D eigenvalue weighted by Gasteiger charge is 2.29. The lowest BCUT2D eigenvalue weighted by molar-refractivity contribution is -0.116. The number of hydrogen-bond donors (Lipinski definition) is 1. The molecule has 10 heteroatoms. The molecule has 1 aromatic carbocycles. The number of halogens is 2. The summed E-state index contributed by atoms with van der Waals surface area (Å²) < 4.78 is 52.4. The molecule has 2 heterocycles. The third kappa shape index (κ3) is 4.76. The average molecular weight is 402 g/mol. The number of nitrogens with one attached hydrogen (secondary N) is 1. The number of carbonyl (C=O) groups is 1. The van der Waals surface area contributed by atoms with Crippen LogP contribution in [0.5, 0.6) is 5.75 Å². The first-order chi connectivity index (χ1) is 12.3. The smallest absolute Gasteiger partial charge is 0.387 e. The molecule has 0 bridgehead atoms. The van der Waals surface area contributed by atoms with Crippen molar-refractivity contribution in [1.82, 2.24) is 4.98 Å². The van der Waals surface area contributed by atoms with E-state index in [9.17, 15) is 22.0 Å². The molecule has 1 fully saturated rings. The molecule has 1 saturated heterocycles. The molecule has 140 valence electrons. The van der Waals surface area contributed by atoms with Crippen LogP contribution < -0.4 is 10.1 Å². The zero-order chi connectivity index (χ0) is 18.7. The van der Waals surface area contributed by atoms with Crippen LogP contribution in [0.4, 0.5) is 13.9 Å². The van der Waals surface area contributed by atoms with Gasteiger partial charge in [0.1, 0.15) is 5.75 Å². The fourth-order valence-corrected chi connectivity index (χ4v) is 5.39. The van der Waals surface area contributed by atoms with Crippen molar-refractivity contribution in [2.24, 2.45) is 5.92 Å². The monoisotopic (exact) mass is 402 g/mol. The SMILES string of the molecule is O=C(CC1CCS(=O)(=O)C1)Nc1nc(-c2ccccc2OC(F)F)cs1. The van der Waals surface area contributed by atoms with Crippen molar-refractivity contribution < 1.29 is 26.7 Å². The number of alkyl halides is 2. The van der Waals surface area contributed by atoms with E-state index >= 15 is 0 Å². The summed E-state index contributed by atoms with van der Waals surface area (Å²) in [5.41, 5.74) is 0.802. The van der Waals surface area contributed by atoms with E-state index in [4.69, 9.17) is 0 Å². The molecule has 0 aliphatic carbocycles. The second-order valence-electron chi connectivity index (χ2n) is 5.93. The number of sulfone groups is 1. The highest BCUT2D eigenvalue weighted by Crippen LogP contribution is 2.33. The van der Waals surface area contributed by atoms with Crippen molar-refractivity contribution in [3.63, 3.8) is 0 Å². The van der Waals surface area contributed by atoms with Gasteiger partial charge in [-0.1, -0.05) is 12.1 Å². The number of aromatic nitrogens is 1. The Hall–Kier alpha value is -2.07. The average Bonchev–Trinajstić information content (AvgIpc) is 3.13. The van der Waals surface area contributed by atoms with Gasteiger partial charge >= 0.3 is 6.61 Å². The van der Waals surface area contributed by atoms with Crippen molar-refractivity contribution in [3.05, 3.63) is 29.6 Å². The maximum Gasteiger partial charge on any atom is 0.387 e. The summed E-state index contributed by atoms with van der Waals surface area (Å²) in [6.07, 6.45) is 0.594. The minimum Gasteiger partial charge on any atom is -0.434 e. The molecule has 1 unspecified atom stereocenters. The number of amides is 1. The Morgan fingerprint density at radius 3 is 2.85 bits per heavy atom. The lowest BCUT2D eigenvalue weighted by atomic mass is 10.1. The molecule has 6 nitrogen and oxygen atoms in total. The van der Waals surface area contributed by atoms with Crippen LogP contribution in [-0.2, 0) is 14.6 Å². The number of ether oxygens (including phenoxy) is 1. The summed E-state index contributed by atoms with van der Waals surface area (Å²) in [6.45, 7) is -2.95. The highest BCUT2D eigenvalue weighted by atomic mass is 32.2. The van der Waals surface area contributed by atoms with E-state index in [2.05, 4.69) is 15.0 Å². The van der Waals surface area contributed by atoms with Crippen LogP contribution in [-0.4, -0.2) is 37.4 Å². The van der Waals surface area contributed by atoms with Crippen LogP contribution >= 0.6 is 11.3 Å². The van der Waals surface area contributed by atoms with Crippen molar-refractivity contribution in [1.29, 1.82) is 0 Å². The lowest BCUT2D eigenvalue weighted by Crippen LogP contribution is -2.17. The number of rotatable bonds is 6. The summed E-state index contributed by atoms with van der Waals surface area (Å²) >= 11 is 1.15. The van der Waals surface area contributed by atoms with Crippen LogP contribution in [0.25, 0.3) is 11.3 Å². The highest BCUT2D eigenvalue weighted by molar-refractivity contribution is 7.91. The topological polar surface area (TPSA) is 85.4 Å². The minimum atomic E-state index is -3.03. The molecule has 1 aliphatic heterocycles. The van der Waals surface area contributed by atoms with Gasteiger partial charge in [0.15, 0.2) is 15.0 Å². The van der Waals surface area contributed by atoms with Gasteiger partial charge in [-0.25, -0.2) is 13.4 Å². The van der Waals surface area contributed by atoms with Crippen LogP contribution in [0.3, 0.4) is 0 Å². The lowest BCUT2D eigenvalue weighted by Gasteiger charge is -2.08. The normalized spacial score (nSPS) is 18.8. The maximum absolute atomic E-state index is 12.5. The summed E-state index contributed by atoms with van der Waals surface area (Å²) in [5, 5.41) is 4.58. The number of para-hydroxylation sites is 1. The van der Waals surface area contributed by atoms with E-state index in [1.165, 1.54) is 6.07 Å². The Morgan fingerprint density at radius 2 is 2.15 bits per heavy atom. The summed E-state index contributed by atoms with van der Waals surface area (Å²) in [4.78, 5) is 16.3. The number of hydrogen-bond acceptors (Lipinski definition) is 6. The van der Waals surface area contributed by atoms with Gasteiger partial charge in [-0.2, -0.15) is 8.78 Å². The van der Waals surface area contributed by atoms with Crippen LogP contribution in [0, 0.1) is 5.92 Å². The Balaban J connectivity index is 1.66. The number of anilines is 1. The number of thiazole rings is 1. The number of benzene rings is 1. The molecule has 2 aromatic rings. The molecule has 1 atom stereocenters. The van der Waals surface area contributed by atoms with Crippen molar-refractivity contribution >= 4 is 32.2 Å². The number of carbonyl (C=O) groups excluding carboxylic acids is 1. The van der Waals surface area contributed by atoms with Crippen molar-refractivity contribution in [2.45, 2.75) is 19.5 Å². The molecule has 1 N–H and O–H groups in total. The summed E-state index contributed by atoms with van der Waals surface area (Å²) in [7, 11) is -3.03. The fraction of sp³-hybridized carbons (Fsp3) is 0.375.